The summed E-state index contributed by atoms with van der Waals surface area (Å²) in [4.78, 5) is 35.2. The molecule has 1 aliphatic rings. The number of likely N-dealkylation sites (tertiary alicyclic amines) is 1. The number of nitrogens with one attached hydrogen (secondary N) is 2. The lowest BCUT2D eigenvalue weighted by Crippen LogP contribution is -2.41. The zero-order valence-electron chi connectivity index (χ0n) is 21.3. The van der Waals surface area contributed by atoms with Gasteiger partial charge < -0.3 is 15.2 Å². The van der Waals surface area contributed by atoms with Crippen LogP contribution in [0.15, 0.2) is 77.6 Å². The van der Waals surface area contributed by atoms with Crippen LogP contribution in [0.5, 0.6) is 0 Å². The van der Waals surface area contributed by atoms with Crippen molar-refractivity contribution in [3.05, 3.63) is 105 Å². The molecule has 3 heterocycles. The minimum absolute atomic E-state index is 0.0129. The van der Waals surface area contributed by atoms with Crippen LogP contribution >= 0.6 is 11.6 Å². The molecule has 1 aliphatic heterocycles. The van der Waals surface area contributed by atoms with Crippen molar-refractivity contribution < 1.29 is 9.18 Å². The Morgan fingerprint density at radius 2 is 1.77 bits per heavy atom. The Bertz CT molecular complexity index is 1730. The number of fused-ring (bicyclic) bond motifs is 1. The summed E-state index contributed by atoms with van der Waals surface area (Å²) < 4.78 is 15.7. The molecule has 2 N–H and O–H groups in total. The number of aromatic amines is 1. The summed E-state index contributed by atoms with van der Waals surface area (Å²) >= 11 is 6.18. The van der Waals surface area contributed by atoms with Gasteiger partial charge in [0.15, 0.2) is 11.2 Å². The Kier molecular flexibility index (Phi) is 7.00. The molecule has 2 amide bonds. The summed E-state index contributed by atoms with van der Waals surface area (Å²) in [5, 5.41) is 11.3. The minimum atomic E-state index is -0.474. The van der Waals surface area contributed by atoms with Crippen molar-refractivity contribution in [3.63, 3.8) is 0 Å². The maximum absolute atomic E-state index is 14.4. The number of aromatic nitrogens is 5. The van der Waals surface area contributed by atoms with Gasteiger partial charge in [0.05, 0.1) is 12.2 Å². The highest BCUT2D eigenvalue weighted by molar-refractivity contribution is 6.31. The molecule has 40 heavy (non-hydrogen) atoms. The molecule has 11 heteroatoms. The molecule has 0 spiro atoms. The fourth-order valence-corrected chi connectivity index (χ4v) is 5.25. The average Bonchev–Trinajstić information content (AvgIpc) is 3.39. The zero-order valence-corrected chi connectivity index (χ0v) is 22.1. The topological polar surface area (TPSA) is 109 Å². The monoisotopic (exact) mass is 557 g/mol. The van der Waals surface area contributed by atoms with E-state index in [0.717, 1.165) is 16.8 Å². The van der Waals surface area contributed by atoms with Crippen LogP contribution in [0.25, 0.3) is 22.3 Å². The number of para-hydroxylation sites is 1. The molecule has 0 bridgehead atoms. The molecule has 1 fully saturated rings. The number of carbonyl (C=O) groups is 1. The van der Waals surface area contributed by atoms with Crippen molar-refractivity contribution >= 4 is 34.5 Å². The Morgan fingerprint density at radius 3 is 2.55 bits per heavy atom. The number of hydrogen-bond donors (Lipinski definition) is 2. The normalized spacial score (nSPS) is 14.0. The number of carbonyl (C=O) groups excluding carboxylic acids is 1. The Hall–Kier alpha value is -4.57. The second-order valence-electron chi connectivity index (χ2n) is 9.67. The number of piperidine rings is 1. The molecule has 0 saturated carbocycles. The Labute approximate surface area is 233 Å². The molecule has 6 rings (SSSR count). The zero-order chi connectivity index (χ0) is 27.6. The van der Waals surface area contributed by atoms with Crippen molar-refractivity contribution in [1.82, 2.24) is 29.9 Å². The molecule has 1 saturated heterocycles. The smallest absolute Gasteiger partial charge is 0.321 e. The summed E-state index contributed by atoms with van der Waals surface area (Å²) in [6, 6.07) is 21.9. The number of urea groups is 1. The molecule has 0 aliphatic carbocycles. The van der Waals surface area contributed by atoms with E-state index in [-0.39, 0.29) is 40.2 Å². The van der Waals surface area contributed by atoms with Crippen LogP contribution in [-0.2, 0) is 6.54 Å². The van der Waals surface area contributed by atoms with Gasteiger partial charge in [-0.15, -0.1) is 5.10 Å². The number of anilines is 1. The van der Waals surface area contributed by atoms with E-state index in [0.29, 0.717) is 31.8 Å². The molecular weight excluding hydrogens is 533 g/mol. The van der Waals surface area contributed by atoms with Crippen molar-refractivity contribution in [2.75, 3.05) is 18.4 Å². The fourth-order valence-electron chi connectivity index (χ4n) is 5.03. The lowest BCUT2D eigenvalue weighted by atomic mass is 9.96. The first-order valence-corrected chi connectivity index (χ1v) is 13.3. The molecule has 9 nitrogen and oxygen atoms in total. The molecule has 0 radical (unpaired) electrons. The van der Waals surface area contributed by atoms with Gasteiger partial charge in [-0.05, 0) is 36.6 Å². The lowest BCUT2D eigenvalue weighted by Gasteiger charge is -2.31. The lowest BCUT2D eigenvalue weighted by molar-refractivity contribution is 0.193. The van der Waals surface area contributed by atoms with Gasteiger partial charge in [0, 0.05) is 35.2 Å². The number of nitrogens with zero attached hydrogens (tertiary/aromatic N) is 5. The van der Waals surface area contributed by atoms with E-state index in [2.05, 4.69) is 25.6 Å². The third kappa shape index (κ3) is 5.05. The summed E-state index contributed by atoms with van der Waals surface area (Å²) in [7, 11) is 0. The number of hydrogen-bond acceptors (Lipinski definition) is 5. The molecule has 3 aromatic carbocycles. The van der Waals surface area contributed by atoms with Crippen molar-refractivity contribution in [2.45, 2.75) is 25.3 Å². The Morgan fingerprint density at radius 1 is 1.02 bits per heavy atom. The minimum Gasteiger partial charge on any atom is -0.324 e. The first-order valence-electron chi connectivity index (χ1n) is 12.9. The van der Waals surface area contributed by atoms with Crippen LogP contribution in [0.3, 0.4) is 0 Å². The quantitative estimate of drug-likeness (QED) is 0.299. The van der Waals surface area contributed by atoms with E-state index >= 15 is 0 Å². The fraction of sp³-hybridized carbons (Fsp3) is 0.207. The molecular formula is C29H25ClFN7O2. The molecule has 202 valence electrons. The van der Waals surface area contributed by atoms with Crippen molar-refractivity contribution in [1.29, 1.82) is 0 Å². The molecule has 5 aromatic rings. The van der Waals surface area contributed by atoms with Gasteiger partial charge in [0.2, 0.25) is 0 Å². The third-order valence-corrected chi connectivity index (χ3v) is 7.54. The van der Waals surface area contributed by atoms with Gasteiger partial charge in [0.1, 0.15) is 11.6 Å². The second kappa shape index (κ2) is 10.9. The second-order valence-corrected chi connectivity index (χ2v) is 10.1. The summed E-state index contributed by atoms with van der Waals surface area (Å²) in [5.41, 5.74) is 2.88. The predicted molar refractivity (Wildman–Crippen MR) is 151 cm³/mol. The van der Waals surface area contributed by atoms with Crippen LogP contribution in [0.2, 0.25) is 5.02 Å². The van der Waals surface area contributed by atoms with Gasteiger partial charge in [-0.1, -0.05) is 71.4 Å². The van der Waals surface area contributed by atoms with Crippen LogP contribution < -0.4 is 10.9 Å². The number of H-pyrrole nitrogens is 1. The number of benzene rings is 3. The predicted octanol–water partition coefficient (Wildman–Crippen LogP) is 5.43. The first-order chi connectivity index (χ1) is 19.5. The van der Waals surface area contributed by atoms with Gasteiger partial charge in [0.25, 0.3) is 5.56 Å². The van der Waals surface area contributed by atoms with Gasteiger partial charge >= 0.3 is 6.03 Å². The van der Waals surface area contributed by atoms with E-state index in [1.54, 1.807) is 11.0 Å². The average molecular weight is 558 g/mol. The first kappa shape index (κ1) is 25.7. The molecule has 2 aromatic heterocycles. The van der Waals surface area contributed by atoms with Crippen LogP contribution in [0, 0.1) is 5.82 Å². The molecule has 0 unspecified atom stereocenters. The van der Waals surface area contributed by atoms with Gasteiger partial charge in [-0.2, -0.15) is 0 Å². The van der Waals surface area contributed by atoms with E-state index in [9.17, 15) is 14.0 Å². The molecule has 0 atom stereocenters. The maximum atomic E-state index is 14.4. The van der Waals surface area contributed by atoms with Crippen LogP contribution in [0.1, 0.15) is 30.1 Å². The van der Waals surface area contributed by atoms with E-state index in [1.165, 1.54) is 16.8 Å². The largest absolute Gasteiger partial charge is 0.324 e. The maximum Gasteiger partial charge on any atom is 0.321 e. The summed E-state index contributed by atoms with van der Waals surface area (Å²) in [5.74, 6) is -0.0495. The van der Waals surface area contributed by atoms with Gasteiger partial charge in [-0.25, -0.2) is 18.9 Å². The highest BCUT2D eigenvalue weighted by Crippen LogP contribution is 2.30. The van der Waals surface area contributed by atoms with Crippen LogP contribution in [-0.4, -0.2) is 49.0 Å². The summed E-state index contributed by atoms with van der Waals surface area (Å²) in [6.07, 6.45) is 1.23. The SMILES string of the molecule is O=C(Nc1ccccc1-c1ccccc1)N1CCC(c2nc3c(nnn3Cc3c(F)cccc3Cl)c(=O)[nH]2)CC1. The van der Waals surface area contributed by atoms with Crippen LogP contribution in [0.4, 0.5) is 14.9 Å². The Balaban J connectivity index is 1.17. The van der Waals surface area contributed by atoms with Crippen molar-refractivity contribution in [3.8, 4) is 11.1 Å². The number of rotatable bonds is 5. The van der Waals surface area contributed by atoms with Crippen molar-refractivity contribution in [2.24, 2.45) is 0 Å². The standard InChI is InChI=1S/C29H25ClFN7O2/c30-22-10-6-11-23(31)21(22)17-38-27-25(35-36-38)28(39)34-26(33-27)19-13-15-37(16-14-19)29(40)32-24-12-5-4-9-20(24)18-7-2-1-3-8-18/h1-12,19H,13-17H2,(H,32,40)(H,33,34,39). The highest BCUT2D eigenvalue weighted by atomic mass is 35.5. The van der Waals surface area contributed by atoms with Gasteiger partial charge in [-0.3, -0.25) is 4.79 Å². The number of amides is 2. The number of halogens is 2. The highest BCUT2D eigenvalue weighted by Gasteiger charge is 2.27. The van der Waals surface area contributed by atoms with E-state index < -0.39 is 11.4 Å². The third-order valence-electron chi connectivity index (χ3n) is 7.18. The van der Waals surface area contributed by atoms with E-state index in [4.69, 9.17) is 11.6 Å². The van der Waals surface area contributed by atoms with E-state index in [1.807, 2.05) is 54.6 Å². The summed E-state index contributed by atoms with van der Waals surface area (Å²) in [6.45, 7) is 0.975.